The Balaban J connectivity index is 2.31. The van der Waals surface area contributed by atoms with Crippen LogP contribution in [0.3, 0.4) is 0 Å². The summed E-state index contributed by atoms with van der Waals surface area (Å²) in [6.45, 7) is 3.83. The number of carboxylic acids is 1. The van der Waals surface area contributed by atoms with Crippen LogP contribution in [0.25, 0.3) is 22.4 Å². The second-order valence-corrected chi connectivity index (χ2v) is 6.15. The predicted molar refractivity (Wildman–Crippen MR) is 96.1 cm³/mol. The molecule has 1 N–H and O–H groups in total. The maximum absolute atomic E-state index is 13.3. The molecule has 3 aromatic rings. The van der Waals surface area contributed by atoms with Gasteiger partial charge in [-0.15, -0.1) is 0 Å². The monoisotopic (exact) mass is 335 g/mol. The Morgan fingerprint density at radius 3 is 2.20 bits per heavy atom. The number of rotatable bonds is 4. The third kappa shape index (κ3) is 3.43. The highest BCUT2D eigenvalue weighted by Gasteiger charge is 2.22. The van der Waals surface area contributed by atoms with Crippen molar-refractivity contribution in [3.05, 3.63) is 77.7 Å². The zero-order chi connectivity index (χ0) is 18.0. The fourth-order valence-electron chi connectivity index (χ4n) is 2.82. The molecular formula is C21H18FNO2. The molecule has 4 heteroatoms. The molecule has 1 heterocycles. The molecule has 0 atom stereocenters. The Kier molecular flexibility index (Phi) is 4.61. The molecule has 1 aromatic heterocycles. The summed E-state index contributed by atoms with van der Waals surface area (Å²) in [7, 11) is 0. The van der Waals surface area contributed by atoms with Gasteiger partial charge in [0.1, 0.15) is 5.82 Å². The van der Waals surface area contributed by atoms with Gasteiger partial charge in [0.15, 0.2) is 0 Å². The van der Waals surface area contributed by atoms with Crippen LogP contribution in [0.1, 0.15) is 35.8 Å². The summed E-state index contributed by atoms with van der Waals surface area (Å²) in [6.07, 6.45) is 0. The highest BCUT2D eigenvalue weighted by molar-refractivity contribution is 5.98. The van der Waals surface area contributed by atoms with E-state index in [2.05, 4.69) is 4.98 Å². The number of aromatic carboxylic acids is 1. The lowest BCUT2D eigenvalue weighted by atomic mass is 9.92. The Hall–Kier alpha value is -3.01. The second kappa shape index (κ2) is 6.85. The number of pyridine rings is 1. The Morgan fingerprint density at radius 1 is 1.00 bits per heavy atom. The summed E-state index contributed by atoms with van der Waals surface area (Å²) in [6, 6.07) is 17.2. The van der Waals surface area contributed by atoms with Crippen molar-refractivity contribution in [1.29, 1.82) is 0 Å². The van der Waals surface area contributed by atoms with E-state index < -0.39 is 5.97 Å². The molecule has 126 valence electrons. The molecule has 0 radical (unpaired) electrons. The Labute approximate surface area is 145 Å². The van der Waals surface area contributed by atoms with Crippen molar-refractivity contribution in [2.45, 2.75) is 19.8 Å². The van der Waals surface area contributed by atoms with Crippen molar-refractivity contribution in [3.8, 4) is 22.4 Å². The molecule has 0 aliphatic heterocycles. The first-order valence-electron chi connectivity index (χ1n) is 8.07. The molecule has 0 saturated heterocycles. The van der Waals surface area contributed by atoms with Gasteiger partial charge in [0.2, 0.25) is 0 Å². The van der Waals surface area contributed by atoms with Crippen LogP contribution in [0.2, 0.25) is 0 Å². The van der Waals surface area contributed by atoms with Gasteiger partial charge in [-0.05, 0) is 29.7 Å². The number of carbonyl (C=O) groups is 1. The summed E-state index contributed by atoms with van der Waals surface area (Å²) in [5.41, 5.74) is 3.50. The summed E-state index contributed by atoms with van der Waals surface area (Å²) in [5, 5.41) is 9.76. The van der Waals surface area contributed by atoms with Gasteiger partial charge in [0, 0.05) is 11.1 Å². The van der Waals surface area contributed by atoms with Crippen molar-refractivity contribution in [2.75, 3.05) is 0 Å². The third-order valence-corrected chi connectivity index (χ3v) is 4.03. The molecule has 0 aliphatic carbocycles. The van der Waals surface area contributed by atoms with Gasteiger partial charge in [-0.1, -0.05) is 56.3 Å². The minimum Gasteiger partial charge on any atom is -0.478 e. The third-order valence-electron chi connectivity index (χ3n) is 4.03. The highest BCUT2D eigenvalue weighted by Crippen LogP contribution is 2.33. The SMILES string of the molecule is CC(C)c1nc(-c2ccccc2)cc(-c2ccc(F)cc2)c1C(=O)O. The van der Waals surface area contributed by atoms with Crippen molar-refractivity contribution in [1.82, 2.24) is 4.98 Å². The van der Waals surface area contributed by atoms with Crippen molar-refractivity contribution in [3.63, 3.8) is 0 Å². The Morgan fingerprint density at radius 2 is 1.64 bits per heavy atom. The second-order valence-electron chi connectivity index (χ2n) is 6.15. The van der Waals surface area contributed by atoms with Gasteiger partial charge < -0.3 is 5.11 Å². The zero-order valence-corrected chi connectivity index (χ0v) is 14.0. The van der Waals surface area contributed by atoms with Crippen LogP contribution in [-0.2, 0) is 0 Å². The van der Waals surface area contributed by atoms with Crippen molar-refractivity contribution >= 4 is 5.97 Å². The number of hydrogen-bond acceptors (Lipinski definition) is 2. The van der Waals surface area contributed by atoms with Gasteiger partial charge in [0.25, 0.3) is 0 Å². The molecule has 25 heavy (non-hydrogen) atoms. The average Bonchev–Trinajstić information content (AvgIpc) is 2.61. The van der Waals surface area contributed by atoms with Crippen LogP contribution in [0.5, 0.6) is 0 Å². The van der Waals surface area contributed by atoms with Crippen LogP contribution in [-0.4, -0.2) is 16.1 Å². The molecule has 0 bridgehead atoms. The first-order valence-corrected chi connectivity index (χ1v) is 8.07. The van der Waals surface area contributed by atoms with E-state index >= 15 is 0 Å². The van der Waals surface area contributed by atoms with E-state index in [9.17, 15) is 14.3 Å². The van der Waals surface area contributed by atoms with Gasteiger partial charge in [-0.3, -0.25) is 4.98 Å². The number of halogens is 1. The molecule has 0 amide bonds. The number of aromatic nitrogens is 1. The summed E-state index contributed by atoms with van der Waals surface area (Å²) >= 11 is 0. The first-order chi connectivity index (χ1) is 12.0. The molecule has 2 aromatic carbocycles. The molecule has 0 fully saturated rings. The van der Waals surface area contributed by atoms with Crippen molar-refractivity contribution in [2.24, 2.45) is 0 Å². The molecule has 3 rings (SSSR count). The lowest BCUT2D eigenvalue weighted by Gasteiger charge is -2.16. The maximum Gasteiger partial charge on any atom is 0.338 e. The quantitative estimate of drug-likeness (QED) is 0.697. The minimum atomic E-state index is -1.03. The van der Waals surface area contributed by atoms with Crippen molar-refractivity contribution < 1.29 is 14.3 Å². The van der Waals surface area contributed by atoms with E-state index in [1.807, 2.05) is 44.2 Å². The lowest BCUT2D eigenvalue weighted by molar-refractivity contribution is 0.0695. The largest absolute Gasteiger partial charge is 0.478 e. The molecule has 0 spiro atoms. The normalized spacial score (nSPS) is 10.9. The number of benzene rings is 2. The van der Waals surface area contributed by atoms with E-state index in [4.69, 9.17) is 0 Å². The highest BCUT2D eigenvalue weighted by atomic mass is 19.1. The smallest absolute Gasteiger partial charge is 0.338 e. The molecular weight excluding hydrogens is 317 g/mol. The zero-order valence-electron chi connectivity index (χ0n) is 14.0. The summed E-state index contributed by atoms with van der Waals surface area (Å²) in [4.78, 5) is 16.5. The average molecular weight is 335 g/mol. The minimum absolute atomic E-state index is 0.0611. The van der Waals surface area contributed by atoms with E-state index in [0.29, 0.717) is 22.5 Å². The molecule has 3 nitrogen and oxygen atoms in total. The molecule has 0 aliphatic rings. The maximum atomic E-state index is 13.3. The van der Waals surface area contributed by atoms with Gasteiger partial charge >= 0.3 is 5.97 Å². The standard InChI is InChI=1S/C21H18FNO2/c1-13(2)20-19(21(24)25)17(14-8-10-16(22)11-9-14)12-18(23-20)15-6-4-3-5-7-15/h3-13H,1-2H3,(H,24,25). The number of carboxylic acid groups (broad SMARTS) is 1. The van der Waals surface area contributed by atoms with Crippen LogP contribution in [0, 0.1) is 5.82 Å². The van der Waals surface area contributed by atoms with Crippen LogP contribution in [0.15, 0.2) is 60.7 Å². The van der Waals surface area contributed by atoms with Gasteiger partial charge in [-0.2, -0.15) is 0 Å². The summed E-state index contributed by atoms with van der Waals surface area (Å²) < 4.78 is 13.3. The van der Waals surface area contributed by atoms with Gasteiger partial charge in [-0.25, -0.2) is 9.18 Å². The van der Waals surface area contributed by atoms with Crippen LogP contribution in [0.4, 0.5) is 4.39 Å². The fourth-order valence-corrected chi connectivity index (χ4v) is 2.82. The molecule has 0 unspecified atom stereocenters. The fraction of sp³-hybridized carbons (Fsp3) is 0.143. The predicted octanol–water partition coefficient (Wildman–Crippen LogP) is 5.38. The topological polar surface area (TPSA) is 50.2 Å². The van der Waals surface area contributed by atoms with E-state index in [1.54, 1.807) is 18.2 Å². The summed E-state index contributed by atoms with van der Waals surface area (Å²) in [5.74, 6) is -1.45. The van der Waals surface area contributed by atoms with E-state index in [1.165, 1.54) is 12.1 Å². The Bertz CT molecular complexity index is 903. The number of nitrogens with zero attached hydrogens (tertiary/aromatic N) is 1. The molecule has 0 saturated carbocycles. The van der Waals surface area contributed by atoms with Gasteiger partial charge in [0.05, 0.1) is 17.0 Å². The van der Waals surface area contributed by atoms with E-state index in [0.717, 1.165) is 5.56 Å². The van der Waals surface area contributed by atoms with E-state index in [-0.39, 0.29) is 17.3 Å². The van der Waals surface area contributed by atoms with Crippen LogP contribution >= 0.6 is 0 Å². The van der Waals surface area contributed by atoms with Crippen LogP contribution < -0.4 is 0 Å². The lowest BCUT2D eigenvalue weighted by Crippen LogP contribution is -2.10. The number of hydrogen-bond donors (Lipinski definition) is 1. The first kappa shape index (κ1) is 16.8.